The van der Waals surface area contributed by atoms with Crippen molar-refractivity contribution >= 4 is 17.4 Å². The molecule has 16 heavy (non-hydrogen) atoms. The van der Waals surface area contributed by atoms with Crippen LogP contribution in [0.25, 0.3) is 11.3 Å². The van der Waals surface area contributed by atoms with Crippen molar-refractivity contribution in [1.29, 1.82) is 0 Å². The molecule has 0 saturated carbocycles. The number of pyridine rings is 1. The molecular weight excluding hydrogens is 224 g/mol. The van der Waals surface area contributed by atoms with Gasteiger partial charge in [-0.05, 0) is 43.1 Å². The number of halogens is 1. The molecule has 2 heterocycles. The van der Waals surface area contributed by atoms with Crippen LogP contribution in [0, 0.1) is 13.8 Å². The van der Waals surface area contributed by atoms with Gasteiger partial charge in [0, 0.05) is 17.5 Å². The zero-order valence-electron chi connectivity index (χ0n) is 9.03. The van der Waals surface area contributed by atoms with E-state index < -0.39 is 0 Å². The Labute approximate surface area is 98.5 Å². The molecule has 0 saturated heterocycles. The minimum absolute atomic E-state index is 0.230. The second-order valence-electron chi connectivity index (χ2n) is 3.54. The van der Waals surface area contributed by atoms with E-state index in [9.17, 15) is 0 Å². The minimum Gasteiger partial charge on any atom is -0.384 e. The summed E-state index contributed by atoms with van der Waals surface area (Å²) in [5.41, 5.74) is 9.26. The van der Waals surface area contributed by atoms with Crippen molar-refractivity contribution < 1.29 is 0 Å². The highest BCUT2D eigenvalue weighted by molar-refractivity contribution is 6.28. The summed E-state index contributed by atoms with van der Waals surface area (Å²) in [5.74, 6) is 0.513. The molecule has 0 spiro atoms. The average molecular weight is 235 g/mol. The SMILES string of the molecule is Cc1cc(N)nc(C)c1-c1ccnc(Cl)n1. The van der Waals surface area contributed by atoms with Gasteiger partial charge in [-0.3, -0.25) is 0 Å². The Morgan fingerprint density at radius 2 is 2.00 bits per heavy atom. The molecule has 0 radical (unpaired) electrons. The van der Waals surface area contributed by atoms with E-state index in [1.165, 1.54) is 0 Å². The van der Waals surface area contributed by atoms with E-state index in [1.54, 1.807) is 12.3 Å². The van der Waals surface area contributed by atoms with Gasteiger partial charge in [0.15, 0.2) is 0 Å². The lowest BCUT2D eigenvalue weighted by Crippen LogP contribution is -1.99. The summed E-state index contributed by atoms with van der Waals surface area (Å²) in [4.78, 5) is 12.2. The van der Waals surface area contributed by atoms with Gasteiger partial charge in [-0.1, -0.05) is 0 Å². The van der Waals surface area contributed by atoms with E-state index in [0.29, 0.717) is 5.82 Å². The molecule has 4 nitrogen and oxygen atoms in total. The number of aryl methyl sites for hydroxylation is 2. The highest BCUT2D eigenvalue weighted by Crippen LogP contribution is 2.25. The topological polar surface area (TPSA) is 64.7 Å². The molecule has 0 aliphatic heterocycles. The van der Waals surface area contributed by atoms with Crippen LogP contribution in [0.3, 0.4) is 0 Å². The number of nitrogen functional groups attached to an aromatic ring is 1. The molecule has 0 bridgehead atoms. The third-order valence-electron chi connectivity index (χ3n) is 2.30. The molecule has 0 aromatic carbocycles. The lowest BCUT2D eigenvalue weighted by Gasteiger charge is -2.09. The van der Waals surface area contributed by atoms with Crippen molar-refractivity contribution in [2.45, 2.75) is 13.8 Å². The fourth-order valence-corrected chi connectivity index (χ4v) is 1.87. The Hall–Kier alpha value is -1.68. The Kier molecular flexibility index (Phi) is 2.75. The summed E-state index contributed by atoms with van der Waals surface area (Å²) in [5, 5.41) is 0.230. The average Bonchev–Trinajstić information content (AvgIpc) is 2.15. The molecule has 0 aliphatic carbocycles. The maximum Gasteiger partial charge on any atom is 0.222 e. The molecule has 0 fully saturated rings. The Balaban J connectivity index is 2.64. The molecule has 0 aliphatic rings. The zero-order valence-corrected chi connectivity index (χ0v) is 9.78. The van der Waals surface area contributed by atoms with Crippen molar-refractivity contribution in [3.63, 3.8) is 0 Å². The van der Waals surface area contributed by atoms with Crippen LogP contribution < -0.4 is 5.73 Å². The summed E-state index contributed by atoms with van der Waals surface area (Å²) < 4.78 is 0. The van der Waals surface area contributed by atoms with Crippen LogP contribution in [0.4, 0.5) is 5.82 Å². The van der Waals surface area contributed by atoms with Crippen LogP contribution in [0.2, 0.25) is 5.28 Å². The lowest BCUT2D eigenvalue weighted by atomic mass is 10.0. The summed E-state index contributed by atoms with van der Waals surface area (Å²) in [6.07, 6.45) is 1.62. The van der Waals surface area contributed by atoms with Gasteiger partial charge in [-0.25, -0.2) is 15.0 Å². The first-order valence-electron chi connectivity index (χ1n) is 4.80. The van der Waals surface area contributed by atoms with E-state index in [0.717, 1.165) is 22.5 Å². The number of aromatic nitrogens is 3. The first-order chi connectivity index (χ1) is 7.58. The van der Waals surface area contributed by atoms with Crippen molar-refractivity contribution in [2.24, 2.45) is 0 Å². The first-order valence-corrected chi connectivity index (χ1v) is 5.18. The van der Waals surface area contributed by atoms with Gasteiger partial charge in [0.2, 0.25) is 5.28 Å². The van der Waals surface area contributed by atoms with E-state index in [2.05, 4.69) is 15.0 Å². The number of nitrogens with zero attached hydrogens (tertiary/aromatic N) is 3. The standard InChI is InChI=1S/C11H11ClN4/c1-6-5-9(13)15-7(2)10(6)8-3-4-14-11(12)16-8/h3-5H,1-2H3,(H2,13,15). The predicted octanol–water partition coefficient (Wildman–Crippen LogP) is 2.39. The third kappa shape index (κ3) is 1.97. The summed E-state index contributed by atoms with van der Waals surface area (Å²) >= 11 is 5.76. The van der Waals surface area contributed by atoms with Gasteiger partial charge in [0.05, 0.1) is 5.69 Å². The molecule has 2 aromatic rings. The smallest absolute Gasteiger partial charge is 0.222 e. The lowest BCUT2D eigenvalue weighted by molar-refractivity contribution is 1.13. The second-order valence-corrected chi connectivity index (χ2v) is 3.87. The van der Waals surface area contributed by atoms with Gasteiger partial charge in [0.25, 0.3) is 0 Å². The molecule has 5 heteroatoms. The monoisotopic (exact) mass is 234 g/mol. The van der Waals surface area contributed by atoms with Gasteiger partial charge in [-0.2, -0.15) is 0 Å². The molecule has 82 valence electrons. The van der Waals surface area contributed by atoms with Gasteiger partial charge < -0.3 is 5.73 Å². The summed E-state index contributed by atoms with van der Waals surface area (Å²) in [7, 11) is 0. The van der Waals surface area contributed by atoms with Crippen molar-refractivity contribution in [3.8, 4) is 11.3 Å². The number of hydrogen-bond donors (Lipinski definition) is 1. The summed E-state index contributed by atoms with van der Waals surface area (Å²) in [6, 6.07) is 3.62. The quantitative estimate of drug-likeness (QED) is 0.770. The number of rotatable bonds is 1. The molecule has 2 aromatic heterocycles. The molecule has 0 amide bonds. The highest BCUT2D eigenvalue weighted by Gasteiger charge is 2.09. The van der Waals surface area contributed by atoms with Crippen LogP contribution in [0.5, 0.6) is 0 Å². The predicted molar refractivity (Wildman–Crippen MR) is 64.2 cm³/mol. The third-order valence-corrected chi connectivity index (χ3v) is 2.48. The van der Waals surface area contributed by atoms with Crippen LogP contribution >= 0.6 is 11.6 Å². The van der Waals surface area contributed by atoms with E-state index >= 15 is 0 Å². The van der Waals surface area contributed by atoms with E-state index in [-0.39, 0.29) is 5.28 Å². The van der Waals surface area contributed by atoms with Crippen LogP contribution in [0.15, 0.2) is 18.3 Å². The highest BCUT2D eigenvalue weighted by atomic mass is 35.5. The van der Waals surface area contributed by atoms with E-state index in [4.69, 9.17) is 17.3 Å². The largest absolute Gasteiger partial charge is 0.384 e. The summed E-state index contributed by atoms with van der Waals surface area (Å²) in [6.45, 7) is 3.87. The molecule has 2 rings (SSSR count). The van der Waals surface area contributed by atoms with Gasteiger partial charge in [-0.15, -0.1) is 0 Å². The van der Waals surface area contributed by atoms with Crippen LogP contribution in [-0.4, -0.2) is 15.0 Å². The van der Waals surface area contributed by atoms with E-state index in [1.807, 2.05) is 19.9 Å². The molecule has 0 atom stereocenters. The molecular formula is C11H11ClN4. The molecule has 0 unspecified atom stereocenters. The Bertz CT molecular complexity index is 516. The number of hydrogen-bond acceptors (Lipinski definition) is 4. The van der Waals surface area contributed by atoms with Crippen molar-refractivity contribution in [1.82, 2.24) is 15.0 Å². The first kappa shape index (κ1) is 10.8. The normalized spacial score (nSPS) is 10.4. The fraction of sp³-hybridized carbons (Fsp3) is 0.182. The van der Waals surface area contributed by atoms with Crippen molar-refractivity contribution in [2.75, 3.05) is 5.73 Å². The number of anilines is 1. The zero-order chi connectivity index (χ0) is 11.7. The Morgan fingerprint density at radius 1 is 1.25 bits per heavy atom. The van der Waals surface area contributed by atoms with Gasteiger partial charge in [0.1, 0.15) is 5.82 Å². The van der Waals surface area contributed by atoms with Crippen molar-refractivity contribution in [3.05, 3.63) is 34.9 Å². The maximum atomic E-state index is 5.76. The molecule has 2 N–H and O–H groups in total. The maximum absolute atomic E-state index is 5.76. The fourth-order valence-electron chi connectivity index (χ4n) is 1.72. The second kappa shape index (κ2) is 4.06. The van der Waals surface area contributed by atoms with Crippen LogP contribution in [0.1, 0.15) is 11.3 Å². The minimum atomic E-state index is 0.230. The van der Waals surface area contributed by atoms with Gasteiger partial charge >= 0.3 is 0 Å². The van der Waals surface area contributed by atoms with Crippen LogP contribution in [-0.2, 0) is 0 Å². The Morgan fingerprint density at radius 3 is 2.62 bits per heavy atom. The number of nitrogens with two attached hydrogens (primary N) is 1.